The van der Waals surface area contributed by atoms with Crippen LogP contribution in [0.3, 0.4) is 0 Å². The highest BCUT2D eigenvalue weighted by atomic mass is 79.9. The van der Waals surface area contributed by atoms with E-state index in [1.807, 2.05) is 76.2 Å². The lowest BCUT2D eigenvalue weighted by Crippen LogP contribution is -2.52. The fourth-order valence-corrected chi connectivity index (χ4v) is 13.9. The van der Waals surface area contributed by atoms with Gasteiger partial charge in [0.2, 0.25) is 33.7 Å². The van der Waals surface area contributed by atoms with Crippen LogP contribution in [0.5, 0.6) is 0 Å². The number of carbonyl (C=O) groups excluding carboxylic acids is 5. The predicted octanol–water partition coefficient (Wildman–Crippen LogP) is 7.79. The molecule has 28 heteroatoms. The van der Waals surface area contributed by atoms with Crippen LogP contribution in [0, 0.1) is 30.6 Å². The predicted molar refractivity (Wildman–Crippen MR) is 359 cm³/mol. The summed E-state index contributed by atoms with van der Waals surface area (Å²) in [6, 6.07) is 31.9. The third-order valence-corrected chi connectivity index (χ3v) is 19.4. The van der Waals surface area contributed by atoms with E-state index in [9.17, 15) is 46.8 Å². The number of H-pyrrole nitrogens is 4. The number of aryl methyl sites for hydroxylation is 1. The molecule has 1 aliphatic heterocycles. The van der Waals surface area contributed by atoms with Crippen LogP contribution in [0.2, 0.25) is 0 Å². The lowest BCUT2D eigenvalue weighted by atomic mass is 9.81. The molecule has 0 bridgehead atoms. The number of anilines is 2. The number of alkyl carbamates (subject to hydrolysis) is 1. The highest BCUT2D eigenvalue weighted by molar-refractivity contribution is 9.10. The van der Waals surface area contributed by atoms with Crippen molar-refractivity contribution in [3.8, 4) is 33.9 Å². The van der Waals surface area contributed by atoms with Crippen molar-refractivity contribution in [3.05, 3.63) is 157 Å². The van der Waals surface area contributed by atoms with E-state index < -0.39 is 63.1 Å². The summed E-state index contributed by atoms with van der Waals surface area (Å²) in [5.74, 6) is -1.02. The van der Waals surface area contributed by atoms with Crippen LogP contribution in [0.1, 0.15) is 88.8 Å². The number of nitrogens with zero attached hydrogens (tertiary/aromatic N) is 4. The molecule has 0 spiro atoms. The average molecular weight is 1390 g/mol. The summed E-state index contributed by atoms with van der Waals surface area (Å²) in [7, 11) is -3.73. The molecule has 1 saturated heterocycles. The number of hydrogen-bond acceptors (Lipinski definition) is 14. The molecule has 26 nitrogen and oxygen atoms in total. The van der Waals surface area contributed by atoms with Gasteiger partial charge in [-0.05, 0) is 192 Å². The molecular formula is C67H80BrN13O13S. The molecule has 2 aromatic heterocycles. The van der Waals surface area contributed by atoms with Gasteiger partial charge >= 0.3 is 23.6 Å². The quantitative estimate of drug-likeness (QED) is 0.0328. The van der Waals surface area contributed by atoms with Crippen molar-refractivity contribution in [1.29, 1.82) is 0 Å². The minimum Gasteiger partial charge on any atom is -0.465 e. The van der Waals surface area contributed by atoms with Gasteiger partial charge in [0, 0.05) is 77.8 Å². The van der Waals surface area contributed by atoms with Crippen LogP contribution < -0.4 is 43.3 Å². The Bertz CT molecular complexity index is 4070. The number of aromatic nitrogens is 6. The summed E-state index contributed by atoms with van der Waals surface area (Å²) < 4.78 is 39.9. The number of nitrogens with one attached hydrogen (secondary N) is 8. The van der Waals surface area contributed by atoms with Crippen LogP contribution in [0.15, 0.2) is 134 Å². The molecule has 11 N–H and O–H groups in total. The fourth-order valence-electron chi connectivity index (χ4n) is 12.0. The number of hydrogen-bond donors (Lipinski definition) is 10. The molecule has 95 heavy (non-hydrogen) atoms. The zero-order chi connectivity index (χ0) is 68.0. The number of benzene rings is 5. The summed E-state index contributed by atoms with van der Waals surface area (Å²) in [5.41, 5.74) is 10.8. The van der Waals surface area contributed by atoms with Gasteiger partial charge in [-0.25, -0.2) is 37.8 Å². The first-order valence-corrected chi connectivity index (χ1v) is 33.8. The highest BCUT2D eigenvalue weighted by Gasteiger charge is 2.37. The number of primary amides is 1. The molecule has 3 heterocycles. The van der Waals surface area contributed by atoms with Gasteiger partial charge < -0.3 is 41.6 Å². The number of carbonyl (C=O) groups is 6. The smallest absolute Gasteiger partial charge is 0.407 e. The molecule has 7 aromatic rings. The maximum Gasteiger partial charge on any atom is 0.407 e. The molecule has 504 valence electrons. The summed E-state index contributed by atoms with van der Waals surface area (Å²) in [4.78, 5) is 107. The summed E-state index contributed by atoms with van der Waals surface area (Å²) in [6.07, 6.45) is 4.11. The Morgan fingerprint density at radius 3 is 1.85 bits per heavy atom. The third-order valence-electron chi connectivity index (χ3n) is 17.1. The van der Waals surface area contributed by atoms with E-state index in [1.165, 1.54) is 9.21 Å². The molecule has 2 atom stereocenters. The molecule has 3 fully saturated rings. The molecule has 2 saturated carbocycles. The Labute approximate surface area is 557 Å². The second kappa shape index (κ2) is 31.8. The molecule has 5 aromatic carbocycles. The summed E-state index contributed by atoms with van der Waals surface area (Å²) in [6.45, 7) is 9.42. The van der Waals surface area contributed by atoms with Gasteiger partial charge in [0.15, 0.2) is 11.6 Å². The van der Waals surface area contributed by atoms with E-state index in [2.05, 4.69) is 67.6 Å². The molecular weight excluding hydrogens is 1310 g/mol. The minimum absolute atomic E-state index is 0.144. The lowest BCUT2D eigenvalue weighted by Gasteiger charge is -2.36. The van der Waals surface area contributed by atoms with E-state index in [1.54, 1.807) is 66.7 Å². The zero-order valence-corrected chi connectivity index (χ0v) is 55.6. The molecule has 10 rings (SSSR count). The fraction of sp³-hybridized carbons (Fsp3) is 0.403. The number of carboxylic acid groups (broad SMARTS) is 1. The molecule has 6 amide bonds. The summed E-state index contributed by atoms with van der Waals surface area (Å²) >= 11 is 3.47. The maximum atomic E-state index is 14.1. The van der Waals surface area contributed by atoms with Crippen LogP contribution in [-0.2, 0) is 51.5 Å². The van der Waals surface area contributed by atoms with E-state index >= 15 is 0 Å². The number of morpholine rings is 1. The van der Waals surface area contributed by atoms with E-state index in [0.717, 1.165) is 45.1 Å². The van der Waals surface area contributed by atoms with Gasteiger partial charge in [0.25, 0.3) is 0 Å². The van der Waals surface area contributed by atoms with Gasteiger partial charge in [0.1, 0.15) is 17.7 Å². The normalized spacial score (nSPS) is 18.2. The molecule has 2 aliphatic carbocycles. The van der Waals surface area contributed by atoms with Gasteiger partial charge in [-0.1, -0.05) is 58.4 Å². The largest absolute Gasteiger partial charge is 0.465 e. The monoisotopic (exact) mass is 1390 g/mol. The molecule has 0 unspecified atom stereocenters. The Hall–Kier alpha value is -9.25. The van der Waals surface area contributed by atoms with Crippen LogP contribution in [0.4, 0.5) is 21.0 Å². The molecule has 3 aliphatic rings. The van der Waals surface area contributed by atoms with Crippen molar-refractivity contribution >= 4 is 73.1 Å². The van der Waals surface area contributed by atoms with Crippen molar-refractivity contribution in [3.63, 3.8) is 0 Å². The number of aromatic amines is 4. The topological polar surface area (TPSA) is 379 Å². The second-order valence-electron chi connectivity index (χ2n) is 25.1. The first kappa shape index (κ1) is 70.1. The number of amides is 6. The number of nitrogens with two attached hydrogens (primary N) is 1. The maximum absolute atomic E-state index is 14.1. The Morgan fingerprint density at radius 2 is 1.29 bits per heavy atom. The first-order valence-electron chi connectivity index (χ1n) is 31.6. The van der Waals surface area contributed by atoms with Crippen molar-refractivity contribution in [2.75, 3.05) is 49.6 Å². The van der Waals surface area contributed by atoms with Crippen molar-refractivity contribution in [2.24, 2.45) is 29.4 Å². The van der Waals surface area contributed by atoms with E-state index in [0.29, 0.717) is 99.0 Å². The Morgan fingerprint density at radius 1 is 0.726 bits per heavy atom. The highest BCUT2D eigenvalue weighted by Crippen LogP contribution is 2.35. The van der Waals surface area contributed by atoms with Gasteiger partial charge in [-0.3, -0.25) is 34.0 Å². The van der Waals surface area contributed by atoms with E-state index in [-0.39, 0.29) is 66.3 Å². The minimum atomic E-state index is -3.73. The van der Waals surface area contributed by atoms with E-state index in [4.69, 9.17) is 20.3 Å². The second-order valence-corrected chi connectivity index (χ2v) is 27.9. The van der Waals surface area contributed by atoms with Crippen LogP contribution in [0.25, 0.3) is 33.9 Å². The zero-order valence-electron chi connectivity index (χ0n) is 53.2. The van der Waals surface area contributed by atoms with Crippen LogP contribution >= 0.6 is 15.9 Å². The van der Waals surface area contributed by atoms with Gasteiger partial charge in [-0.15, -0.1) is 0 Å². The SMILES string of the molecule is CC(C)(C)OC(=O)NCC1CCC(C(=O)N(c2ccc(-c3n[nH]c(=O)[nH]3)cc2)[C@@H](Cc2cccc(Br)c2)C(N)=O)CC1.Cc1ccc(S(=O)(=O)N2CCOCC2)cc1-c1cccc(C[C@H](NC(=O)C2CCC(CNC(=O)O)CC2)C(=O)Nc2ccc(-c3n[nH]c(=O)[nH]3)cc2)c1. The Balaban J connectivity index is 0.000000230. The van der Waals surface area contributed by atoms with Gasteiger partial charge in [0.05, 0.1) is 18.1 Å². The van der Waals surface area contributed by atoms with Gasteiger partial charge in [-0.2, -0.15) is 14.5 Å². The Kier molecular flexibility index (Phi) is 23.4. The first-order chi connectivity index (χ1) is 45.3. The summed E-state index contributed by atoms with van der Waals surface area (Å²) in [5, 5.41) is 32.7. The number of ether oxygens (including phenoxy) is 2. The van der Waals surface area contributed by atoms with Crippen molar-refractivity contribution < 1.29 is 51.8 Å². The third kappa shape index (κ3) is 19.4. The molecule has 0 radical (unpaired) electrons. The lowest BCUT2D eigenvalue weighted by molar-refractivity contribution is -0.130. The van der Waals surface area contributed by atoms with Crippen LogP contribution in [-0.4, -0.2) is 141 Å². The number of sulfonamides is 1. The number of halogens is 1. The van der Waals surface area contributed by atoms with Crippen molar-refractivity contribution in [1.82, 2.24) is 50.6 Å². The standard InChI is InChI=1S/C37H43N7O8S.C30H37BrN6O5/c1-23-5-14-30(53(50,51)44-15-17-52-18-16-44)21-31(23)28-4-2-3-25(19-28)20-32(40-34(45)27-8-6-24(7-9-27)22-38-37(48)49)35(46)39-29-12-10-26(11-13-29)33-41-36(47)43-42-33;1-30(2,3)42-29(41)33-17-18-7-9-21(10-8-18)27(39)37(24(25(32)38)16-19-5-4-6-22(31)15-19)23-13-11-20(12-14-23)26-34-28(40)36-35-26/h2-5,10-14,19,21,24,27,32,38H,6-9,15-18,20,22H2,1H3,(H,39,46)(H,40,45)(H,48,49)(H2,41,42,43,47);4-6,11-15,18,21,24H,7-10,16-17H2,1-3H3,(H2,32,38)(H,33,41)(H2,34,35,36,40)/t24?,27?,32-;18?,21?,24-/m00/s1. The average Bonchev–Trinajstić information content (AvgIpc) is 1.23. The number of rotatable bonds is 21. The van der Waals surface area contributed by atoms with Crippen molar-refractivity contribution in [2.45, 2.75) is 114 Å².